The van der Waals surface area contributed by atoms with E-state index in [4.69, 9.17) is 0 Å². The molecule has 4 rings (SSSR count). The fourth-order valence-electron chi connectivity index (χ4n) is 4.77. The Balaban J connectivity index is 1.29. The van der Waals surface area contributed by atoms with E-state index in [2.05, 4.69) is 20.2 Å². The zero-order valence-electron chi connectivity index (χ0n) is 17.8. The summed E-state index contributed by atoms with van der Waals surface area (Å²) in [5.74, 6) is 1.06. The molecule has 0 aliphatic carbocycles. The van der Waals surface area contributed by atoms with Crippen LogP contribution in [0.1, 0.15) is 30.8 Å². The van der Waals surface area contributed by atoms with Crippen molar-refractivity contribution in [3.8, 4) is 0 Å². The highest BCUT2D eigenvalue weighted by Crippen LogP contribution is 2.42. The van der Waals surface area contributed by atoms with Gasteiger partial charge in [0.05, 0.1) is 18.3 Å². The zero-order chi connectivity index (χ0) is 21.1. The molecule has 30 heavy (non-hydrogen) atoms. The van der Waals surface area contributed by atoms with Gasteiger partial charge >= 0.3 is 0 Å². The maximum absolute atomic E-state index is 12.8. The Morgan fingerprint density at radius 2 is 2.00 bits per heavy atom. The number of piperidine rings is 1. The lowest BCUT2D eigenvalue weighted by molar-refractivity contribution is -0.134. The van der Waals surface area contributed by atoms with Crippen molar-refractivity contribution in [1.29, 1.82) is 0 Å². The van der Waals surface area contributed by atoms with Crippen LogP contribution in [0.5, 0.6) is 0 Å². The zero-order valence-corrected chi connectivity index (χ0v) is 17.8. The van der Waals surface area contributed by atoms with Gasteiger partial charge in [0.1, 0.15) is 12.4 Å². The van der Waals surface area contributed by atoms with E-state index >= 15 is 0 Å². The Bertz CT molecular complexity index is 888. The molecule has 2 amide bonds. The van der Waals surface area contributed by atoms with Crippen LogP contribution < -0.4 is 5.32 Å². The molecule has 1 N–H and O–H groups in total. The van der Waals surface area contributed by atoms with Crippen LogP contribution in [0.2, 0.25) is 0 Å². The van der Waals surface area contributed by atoms with Crippen molar-refractivity contribution in [2.75, 3.05) is 26.7 Å². The maximum Gasteiger partial charge on any atom is 0.242 e. The molecule has 1 atom stereocenters. The molecule has 160 valence electrons. The highest BCUT2D eigenvalue weighted by Gasteiger charge is 2.47. The Hall–Kier alpha value is -2.74. The molecule has 2 fully saturated rings. The van der Waals surface area contributed by atoms with E-state index in [9.17, 15) is 9.59 Å². The molecule has 2 aromatic heterocycles. The quantitative estimate of drug-likeness (QED) is 0.801. The first-order chi connectivity index (χ1) is 14.5. The Kier molecular flexibility index (Phi) is 5.85. The second kappa shape index (κ2) is 8.55. The van der Waals surface area contributed by atoms with Gasteiger partial charge in [0.15, 0.2) is 0 Å². The van der Waals surface area contributed by atoms with Crippen molar-refractivity contribution in [3.63, 3.8) is 0 Å². The summed E-state index contributed by atoms with van der Waals surface area (Å²) >= 11 is 0. The number of hydrogen-bond donors (Lipinski definition) is 1. The van der Waals surface area contributed by atoms with Crippen molar-refractivity contribution in [2.45, 2.75) is 45.3 Å². The first-order valence-corrected chi connectivity index (χ1v) is 10.6. The Labute approximate surface area is 177 Å². The predicted octanol–water partition coefficient (Wildman–Crippen LogP) is 1.22. The summed E-state index contributed by atoms with van der Waals surface area (Å²) in [6, 6.07) is 5.59. The third kappa shape index (κ3) is 4.38. The summed E-state index contributed by atoms with van der Waals surface area (Å²) in [6.45, 7) is 5.11. The number of nitrogens with zero attached hydrogens (tertiary/aromatic N) is 5. The molecule has 1 spiro atoms. The number of rotatable bonds is 5. The van der Waals surface area contributed by atoms with Gasteiger partial charge in [-0.2, -0.15) is 0 Å². The number of hydrogen-bond acceptors (Lipinski definition) is 5. The second-order valence-electron chi connectivity index (χ2n) is 8.66. The second-order valence-corrected chi connectivity index (χ2v) is 8.66. The first kappa shape index (κ1) is 20.5. The van der Waals surface area contributed by atoms with Crippen molar-refractivity contribution >= 4 is 11.8 Å². The molecule has 4 heterocycles. The molecule has 8 nitrogen and oxygen atoms in total. The molecule has 0 radical (unpaired) electrons. The molecular weight excluding hydrogens is 380 g/mol. The van der Waals surface area contributed by atoms with Crippen molar-refractivity contribution in [1.82, 2.24) is 29.7 Å². The van der Waals surface area contributed by atoms with Crippen LogP contribution in [-0.2, 0) is 22.7 Å². The summed E-state index contributed by atoms with van der Waals surface area (Å²) in [6.07, 6.45) is 8.04. The highest BCUT2D eigenvalue weighted by atomic mass is 16.2. The Morgan fingerprint density at radius 3 is 2.67 bits per heavy atom. The lowest BCUT2D eigenvalue weighted by Gasteiger charge is -2.39. The molecule has 2 aliphatic heterocycles. The van der Waals surface area contributed by atoms with Gasteiger partial charge in [-0.15, -0.1) is 0 Å². The van der Waals surface area contributed by atoms with E-state index in [1.54, 1.807) is 12.4 Å². The topological polar surface area (TPSA) is 83.4 Å². The van der Waals surface area contributed by atoms with Gasteiger partial charge in [-0.25, -0.2) is 4.98 Å². The van der Waals surface area contributed by atoms with Crippen LogP contribution in [0, 0.1) is 12.3 Å². The van der Waals surface area contributed by atoms with Crippen LogP contribution in [-0.4, -0.2) is 68.9 Å². The van der Waals surface area contributed by atoms with Gasteiger partial charge in [-0.1, -0.05) is 6.07 Å². The molecule has 0 aromatic carbocycles. The number of imidazole rings is 1. The molecule has 8 heteroatoms. The fourth-order valence-corrected chi connectivity index (χ4v) is 4.77. The molecule has 0 saturated carbocycles. The number of likely N-dealkylation sites (N-methyl/N-ethyl adjacent to an activating group) is 1. The maximum atomic E-state index is 12.8. The summed E-state index contributed by atoms with van der Waals surface area (Å²) in [4.78, 5) is 38.0. The van der Waals surface area contributed by atoms with Crippen LogP contribution in [0.3, 0.4) is 0 Å². The largest absolute Gasteiger partial charge is 0.349 e. The minimum absolute atomic E-state index is 0.0640. The lowest BCUT2D eigenvalue weighted by Crippen LogP contribution is -2.45. The SMILES string of the molecule is Cc1nccn1CC(=O)N1CCC2(CC1)CC(C(=O)NCc1ccccn1)N(C)C2. The van der Waals surface area contributed by atoms with E-state index in [1.165, 1.54) is 0 Å². The number of pyridine rings is 1. The van der Waals surface area contributed by atoms with Gasteiger partial charge < -0.3 is 14.8 Å². The number of carbonyl (C=O) groups excluding carboxylic acids is 2. The third-order valence-corrected chi connectivity index (χ3v) is 6.62. The standard InChI is InChI=1S/C22H30N6O2/c1-17-23-9-12-28(17)15-20(29)27-10-6-22(7-11-27)13-19(26(2)16-22)21(30)25-14-18-5-3-4-8-24-18/h3-5,8-9,12,19H,6-7,10-11,13-16H2,1-2H3,(H,25,30). The average molecular weight is 411 g/mol. The monoisotopic (exact) mass is 410 g/mol. The van der Waals surface area contributed by atoms with Crippen LogP contribution in [0.4, 0.5) is 0 Å². The van der Waals surface area contributed by atoms with E-state index < -0.39 is 0 Å². The minimum Gasteiger partial charge on any atom is -0.349 e. The summed E-state index contributed by atoms with van der Waals surface area (Å²) < 4.78 is 1.89. The summed E-state index contributed by atoms with van der Waals surface area (Å²) in [5, 5.41) is 3.03. The van der Waals surface area contributed by atoms with Gasteiger partial charge in [0.25, 0.3) is 0 Å². The van der Waals surface area contributed by atoms with Gasteiger partial charge in [-0.3, -0.25) is 19.5 Å². The number of nitrogens with one attached hydrogen (secondary N) is 1. The number of carbonyl (C=O) groups is 2. The van der Waals surface area contributed by atoms with Crippen molar-refractivity contribution < 1.29 is 9.59 Å². The van der Waals surface area contributed by atoms with Crippen LogP contribution in [0.15, 0.2) is 36.8 Å². The number of aryl methyl sites for hydroxylation is 1. The number of amides is 2. The highest BCUT2D eigenvalue weighted by molar-refractivity contribution is 5.82. The molecule has 0 bridgehead atoms. The smallest absolute Gasteiger partial charge is 0.242 e. The van der Waals surface area contributed by atoms with Gasteiger partial charge in [0, 0.05) is 38.2 Å². The minimum atomic E-state index is -0.121. The average Bonchev–Trinajstić information content (AvgIpc) is 3.30. The molecule has 2 saturated heterocycles. The van der Waals surface area contributed by atoms with Crippen LogP contribution in [0.25, 0.3) is 0 Å². The summed E-state index contributed by atoms with van der Waals surface area (Å²) in [5.41, 5.74) is 0.977. The van der Waals surface area contributed by atoms with Crippen molar-refractivity contribution in [3.05, 3.63) is 48.3 Å². The van der Waals surface area contributed by atoms with E-state index in [0.717, 1.165) is 50.4 Å². The van der Waals surface area contributed by atoms with Crippen molar-refractivity contribution in [2.24, 2.45) is 5.41 Å². The molecular formula is C22H30N6O2. The normalized spacial score (nSPS) is 21.1. The van der Waals surface area contributed by atoms with E-state index in [0.29, 0.717) is 13.1 Å². The van der Waals surface area contributed by atoms with Crippen LogP contribution >= 0.6 is 0 Å². The third-order valence-electron chi connectivity index (χ3n) is 6.62. The predicted molar refractivity (Wildman–Crippen MR) is 112 cm³/mol. The molecule has 1 unspecified atom stereocenters. The lowest BCUT2D eigenvalue weighted by atomic mass is 9.76. The number of likely N-dealkylation sites (tertiary alicyclic amines) is 2. The van der Waals surface area contributed by atoms with Gasteiger partial charge in [0.2, 0.25) is 11.8 Å². The van der Waals surface area contributed by atoms with Gasteiger partial charge in [-0.05, 0) is 50.8 Å². The van der Waals surface area contributed by atoms with E-state index in [1.807, 2.05) is 47.8 Å². The summed E-state index contributed by atoms with van der Waals surface area (Å²) in [7, 11) is 2.03. The molecule has 2 aliphatic rings. The number of aromatic nitrogens is 3. The fraction of sp³-hybridized carbons (Fsp3) is 0.545. The first-order valence-electron chi connectivity index (χ1n) is 10.6. The van der Waals surface area contributed by atoms with E-state index in [-0.39, 0.29) is 23.3 Å². The Morgan fingerprint density at radius 1 is 1.20 bits per heavy atom. The molecule has 2 aromatic rings.